The predicted octanol–water partition coefficient (Wildman–Crippen LogP) is 3.71. The molecule has 0 aromatic heterocycles. The third-order valence-electron chi connectivity index (χ3n) is 4.86. The highest BCUT2D eigenvalue weighted by atomic mass is 79.9. The average Bonchev–Trinajstić information content (AvgIpc) is 3.00. The molecule has 0 spiro atoms. The third kappa shape index (κ3) is 4.35. The van der Waals surface area contributed by atoms with Gasteiger partial charge in [-0.1, -0.05) is 47.3 Å². The van der Waals surface area contributed by atoms with Crippen molar-refractivity contribution in [2.75, 3.05) is 12.4 Å². The molecule has 1 aliphatic heterocycles. The summed E-state index contributed by atoms with van der Waals surface area (Å²) in [5.74, 6) is 0.0722. The van der Waals surface area contributed by atoms with Crippen LogP contribution in [0, 0.1) is 0 Å². The number of halogens is 1. The smallest absolute Gasteiger partial charge is 0.214 e. The normalized spacial score (nSPS) is 24.7. The molecule has 0 unspecified atom stereocenters. The Morgan fingerprint density at radius 2 is 2.00 bits per heavy atom. The van der Waals surface area contributed by atoms with Crippen molar-refractivity contribution in [1.82, 2.24) is 4.72 Å². The maximum atomic E-state index is 12.7. The van der Waals surface area contributed by atoms with E-state index in [1.54, 1.807) is 0 Å². The summed E-state index contributed by atoms with van der Waals surface area (Å²) in [6, 6.07) is 8.02. The van der Waals surface area contributed by atoms with Crippen molar-refractivity contribution in [3.05, 3.63) is 34.3 Å². The number of hydrogen-bond donors (Lipinski definition) is 1. The lowest BCUT2D eigenvalue weighted by Gasteiger charge is -2.38. The molecule has 0 bridgehead atoms. The lowest BCUT2D eigenvalue weighted by atomic mass is 9.77. The molecule has 3 rings (SSSR count). The number of benzene rings is 1. The van der Waals surface area contributed by atoms with Crippen LogP contribution in [-0.2, 0) is 20.3 Å². The number of sulfonamides is 1. The zero-order valence-electron chi connectivity index (χ0n) is 13.3. The summed E-state index contributed by atoms with van der Waals surface area (Å²) in [4.78, 5) is 0. The first-order chi connectivity index (χ1) is 11.0. The van der Waals surface area contributed by atoms with Gasteiger partial charge in [-0.05, 0) is 43.4 Å². The Kier molecular flexibility index (Phi) is 5.46. The van der Waals surface area contributed by atoms with E-state index in [1.807, 2.05) is 24.3 Å². The van der Waals surface area contributed by atoms with Crippen molar-refractivity contribution in [2.24, 2.45) is 0 Å². The van der Waals surface area contributed by atoms with Gasteiger partial charge in [-0.25, -0.2) is 13.1 Å². The van der Waals surface area contributed by atoms with Crippen LogP contribution >= 0.6 is 15.9 Å². The van der Waals surface area contributed by atoms with Gasteiger partial charge < -0.3 is 4.74 Å². The summed E-state index contributed by atoms with van der Waals surface area (Å²) in [6.07, 6.45) is 6.62. The monoisotopic (exact) mass is 401 g/mol. The van der Waals surface area contributed by atoms with Gasteiger partial charge >= 0.3 is 0 Å². The van der Waals surface area contributed by atoms with Gasteiger partial charge in [0.1, 0.15) is 0 Å². The molecule has 128 valence electrons. The molecule has 4 nitrogen and oxygen atoms in total. The molecular formula is C17H24BrNO3S. The Hall–Kier alpha value is -0.430. The van der Waals surface area contributed by atoms with Crippen LogP contribution in [0.4, 0.5) is 0 Å². The van der Waals surface area contributed by atoms with E-state index in [9.17, 15) is 8.42 Å². The van der Waals surface area contributed by atoms with Crippen LogP contribution in [0.3, 0.4) is 0 Å². The second-order valence-corrected chi connectivity index (χ2v) is 9.35. The number of rotatable bonds is 5. The lowest BCUT2D eigenvalue weighted by Crippen LogP contribution is -2.49. The minimum atomic E-state index is -3.37. The van der Waals surface area contributed by atoms with Crippen LogP contribution in [0.1, 0.15) is 50.5 Å². The highest BCUT2D eigenvalue weighted by molar-refractivity contribution is 9.10. The summed E-state index contributed by atoms with van der Waals surface area (Å²) >= 11 is 3.51. The second kappa shape index (κ2) is 7.21. The SMILES string of the molecule is O=S(=O)(C[C@H]1CCCO1)NC1(c2cccc(Br)c2)CCCCC1. The molecule has 1 heterocycles. The molecule has 0 radical (unpaired) electrons. The molecule has 0 amide bonds. The summed E-state index contributed by atoms with van der Waals surface area (Å²) in [5, 5.41) is 0. The topological polar surface area (TPSA) is 55.4 Å². The van der Waals surface area contributed by atoms with E-state index in [4.69, 9.17) is 4.74 Å². The van der Waals surface area contributed by atoms with Crippen LogP contribution in [0.15, 0.2) is 28.7 Å². The van der Waals surface area contributed by atoms with Gasteiger partial charge in [0, 0.05) is 11.1 Å². The van der Waals surface area contributed by atoms with Gasteiger partial charge in [0.25, 0.3) is 0 Å². The van der Waals surface area contributed by atoms with Gasteiger partial charge in [-0.2, -0.15) is 0 Å². The molecule has 1 aromatic rings. The minimum absolute atomic E-state index is 0.0722. The summed E-state index contributed by atoms with van der Waals surface area (Å²) in [5.41, 5.74) is 0.585. The van der Waals surface area contributed by atoms with E-state index in [2.05, 4.69) is 20.7 Å². The van der Waals surface area contributed by atoms with E-state index >= 15 is 0 Å². The number of nitrogens with one attached hydrogen (secondary N) is 1. The Labute approximate surface area is 147 Å². The van der Waals surface area contributed by atoms with Gasteiger partial charge in [0.05, 0.1) is 17.4 Å². The maximum absolute atomic E-state index is 12.7. The standard InChI is InChI=1S/C17H24BrNO3S/c18-15-7-4-6-14(12-15)17(9-2-1-3-10-17)19-23(20,21)13-16-8-5-11-22-16/h4,6-7,12,16,19H,1-3,5,8-11,13H2/t16-/m1/s1. The largest absolute Gasteiger partial charge is 0.377 e. The van der Waals surface area contributed by atoms with Crippen LogP contribution < -0.4 is 4.72 Å². The van der Waals surface area contributed by atoms with Crippen molar-refractivity contribution < 1.29 is 13.2 Å². The molecule has 1 atom stereocenters. The molecule has 23 heavy (non-hydrogen) atoms. The van der Waals surface area contributed by atoms with Crippen molar-refractivity contribution >= 4 is 26.0 Å². The summed E-state index contributed by atoms with van der Waals surface area (Å²) in [7, 11) is -3.37. The predicted molar refractivity (Wildman–Crippen MR) is 94.8 cm³/mol. The molecular weight excluding hydrogens is 378 g/mol. The van der Waals surface area contributed by atoms with E-state index in [0.717, 1.165) is 48.6 Å². The highest BCUT2D eigenvalue weighted by Crippen LogP contribution is 2.38. The fourth-order valence-corrected chi connectivity index (χ4v) is 5.90. The molecule has 1 saturated carbocycles. The first-order valence-corrected chi connectivity index (χ1v) is 10.8. The fraction of sp³-hybridized carbons (Fsp3) is 0.647. The third-order valence-corrected chi connectivity index (χ3v) is 6.87. The molecule has 1 saturated heterocycles. The first-order valence-electron chi connectivity index (χ1n) is 8.38. The molecule has 1 aliphatic carbocycles. The highest BCUT2D eigenvalue weighted by Gasteiger charge is 2.38. The van der Waals surface area contributed by atoms with Crippen LogP contribution in [0.2, 0.25) is 0 Å². The van der Waals surface area contributed by atoms with Gasteiger partial charge in [-0.3, -0.25) is 0 Å². The summed E-state index contributed by atoms with van der Waals surface area (Å²) in [6.45, 7) is 0.678. The van der Waals surface area contributed by atoms with Crippen LogP contribution in [0.25, 0.3) is 0 Å². The van der Waals surface area contributed by atoms with Crippen LogP contribution in [0.5, 0.6) is 0 Å². The van der Waals surface area contributed by atoms with Gasteiger partial charge in [0.2, 0.25) is 10.0 Å². The Morgan fingerprint density at radius 1 is 1.22 bits per heavy atom. The first kappa shape index (κ1) is 17.4. The van der Waals surface area contributed by atoms with Crippen molar-refractivity contribution in [3.63, 3.8) is 0 Å². The quantitative estimate of drug-likeness (QED) is 0.817. The van der Waals surface area contributed by atoms with E-state index in [0.29, 0.717) is 6.61 Å². The van der Waals surface area contributed by atoms with Crippen molar-refractivity contribution in [1.29, 1.82) is 0 Å². The molecule has 2 fully saturated rings. The second-order valence-electron chi connectivity index (χ2n) is 6.67. The Balaban J connectivity index is 1.84. The summed E-state index contributed by atoms with van der Waals surface area (Å²) < 4.78 is 35.0. The minimum Gasteiger partial charge on any atom is -0.377 e. The lowest BCUT2D eigenvalue weighted by molar-refractivity contribution is 0.127. The van der Waals surface area contributed by atoms with Crippen molar-refractivity contribution in [2.45, 2.75) is 56.6 Å². The Bertz CT molecular complexity index is 635. The molecule has 6 heteroatoms. The molecule has 1 N–H and O–H groups in total. The zero-order valence-corrected chi connectivity index (χ0v) is 15.7. The van der Waals surface area contributed by atoms with E-state index in [-0.39, 0.29) is 11.9 Å². The number of hydrogen-bond acceptors (Lipinski definition) is 3. The van der Waals surface area contributed by atoms with Gasteiger partial charge in [-0.15, -0.1) is 0 Å². The van der Waals surface area contributed by atoms with E-state index in [1.165, 1.54) is 6.42 Å². The molecule has 2 aliphatic rings. The Morgan fingerprint density at radius 3 is 2.65 bits per heavy atom. The maximum Gasteiger partial charge on any atom is 0.214 e. The van der Waals surface area contributed by atoms with E-state index < -0.39 is 15.6 Å². The van der Waals surface area contributed by atoms with Crippen molar-refractivity contribution in [3.8, 4) is 0 Å². The van der Waals surface area contributed by atoms with Gasteiger partial charge in [0.15, 0.2) is 0 Å². The number of ether oxygens (including phenoxy) is 1. The fourth-order valence-electron chi connectivity index (χ4n) is 3.75. The van der Waals surface area contributed by atoms with Crippen LogP contribution in [-0.4, -0.2) is 26.9 Å². The zero-order chi connectivity index (χ0) is 16.3. The average molecular weight is 402 g/mol. The molecule has 1 aromatic carbocycles.